The molecule has 6 heteroatoms. The summed E-state index contributed by atoms with van der Waals surface area (Å²) in [6.07, 6.45) is 4.64. The average Bonchev–Trinajstić information content (AvgIpc) is 2.71. The molecule has 3 aliphatic rings. The lowest BCUT2D eigenvalue weighted by Gasteiger charge is -2.23. The van der Waals surface area contributed by atoms with Gasteiger partial charge in [0.1, 0.15) is 17.4 Å². The van der Waals surface area contributed by atoms with E-state index < -0.39 is 22.9 Å². The van der Waals surface area contributed by atoms with Gasteiger partial charge in [-0.15, -0.1) is 0 Å². The van der Waals surface area contributed by atoms with Crippen molar-refractivity contribution in [3.05, 3.63) is 35.3 Å². The van der Waals surface area contributed by atoms with Crippen LogP contribution in [-0.4, -0.2) is 27.3 Å². The van der Waals surface area contributed by atoms with Crippen molar-refractivity contribution in [1.82, 2.24) is 5.06 Å². The van der Waals surface area contributed by atoms with E-state index in [-0.39, 0.29) is 5.57 Å². The Hall–Kier alpha value is -2.13. The maximum absolute atomic E-state index is 13.3. The molecular weight excluding hydrogens is 239 g/mol. The minimum absolute atomic E-state index is 0.0443. The van der Waals surface area contributed by atoms with Crippen LogP contribution in [0.4, 0.5) is 4.39 Å². The van der Waals surface area contributed by atoms with Gasteiger partial charge in [0.05, 0.1) is 11.3 Å². The lowest BCUT2D eigenvalue weighted by Crippen LogP contribution is -2.38. The number of carboxylic acid groups (broad SMARTS) is 1. The maximum Gasteiger partial charge on any atom is 0.342 e. The Kier molecular flexibility index (Phi) is 1.83. The summed E-state index contributed by atoms with van der Waals surface area (Å²) in [5.41, 5.74) is -1.41. The third-order valence-corrected chi connectivity index (χ3v) is 3.45. The molecule has 3 rings (SSSR count). The molecule has 0 aromatic rings. The number of carboxylic acids is 1. The molecular formula is C12H9FN2O3. The van der Waals surface area contributed by atoms with E-state index in [9.17, 15) is 9.18 Å². The molecule has 0 amide bonds. The van der Waals surface area contributed by atoms with Gasteiger partial charge in [-0.25, -0.2) is 19.1 Å². The van der Waals surface area contributed by atoms with Gasteiger partial charge in [0.25, 0.3) is 0 Å². The maximum atomic E-state index is 13.3. The number of nitriles is 1. The van der Waals surface area contributed by atoms with Gasteiger partial charge in [0, 0.05) is 6.42 Å². The number of carbonyl (C=O) groups is 1. The molecule has 0 bridgehead atoms. The highest BCUT2D eigenvalue weighted by molar-refractivity contribution is 5.81. The van der Waals surface area contributed by atoms with E-state index in [1.165, 1.54) is 30.2 Å². The van der Waals surface area contributed by atoms with Crippen molar-refractivity contribution in [3.8, 4) is 6.07 Å². The SMILES string of the molecule is CC1(C(=O)O)C=C2N(O1)C21C=C(C#N)C(F)=CC1. The highest BCUT2D eigenvalue weighted by Crippen LogP contribution is 2.58. The number of nitrogens with zero attached hydrogens (tertiary/aromatic N) is 2. The first-order valence-corrected chi connectivity index (χ1v) is 5.38. The second-order valence-corrected chi connectivity index (χ2v) is 4.68. The number of halogens is 1. The van der Waals surface area contributed by atoms with E-state index in [2.05, 4.69) is 0 Å². The van der Waals surface area contributed by atoms with Crippen molar-refractivity contribution < 1.29 is 19.1 Å². The normalized spacial score (nSPS) is 36.5. The summed E-state index contributed by atoms with van der Waals surface area (Å²) in [6, 6.07) is 1.77. The monoisotopic (exact) mass is 248 g/mol. The standard InChI is InChI=1S/C12H9FN2O3/c1-11(10(16)17)5-9-12(15(9)18-11)3-2-8(13)7(4-12)6-14/h2,4-5H,3H2,1H3,(H,16,17). The van der Waals surface area contributed by atoms with Crippen LogP contribution in [0, 0.1) is 11.3 Å². The van der Waals surface area contributed by atoms with Crippen LogP contribution in [0.1, 0.15) is 13.3 Å². The Morgan fingerprint density at radius 1 is 1.67 bits per heavy atom. The van der Waals surface area contributed by atoms with Gasteiger partial charge < -0.3 is 5.11 Å². The Balaban J connectivity index is 1.96. The second kappa shape index (κ2) is 3.00. The second-order valence-electron chi connectivity index (χ2n) is 4.68. The van der Waals surface area contributed by atoms with Crippen LogP contribution in [0.15, 0.2) is 35.3 Å². The van der Waals surface area contributed by atoms with Crippen molar-refractivity contribution in [2.45, 2.75) is 24.5 Å². The number of hydroxylamine groups is 2. The largest absolute Gasteiger partial charge is 0.479 e. The van der Waals surface area contributed by atoms with Gasteiger partial charge >= 0.3 is 5.97 Å². The zero-order valence-corrected chi connectivity index (χ0v) is 9.48. The van der Waals surface area contributed by atoms with Crippen LogP contribution in [0.5, 0.6) is 0 Å². The van der Waals surface area contributed by atoms with Gasteiger partial charge in [-0.3, -0.25) is 0 Å². The van der Waals surface area contributed by atoms with Crippen LogP contribution in [0.2, 0.25) is 0 Å². The van der Waals surface area contributed by atoms with Crippen molar-refractivity contribution in [2.75, 3.05) is 0 Å². The van der Waals surface area contributed by atoms with Crippen LogP contribution in [0.3, 0.4) is 0 Å². The van der Waals surface area contributed by atoms with E-state index in [0.717, 1.165) is 0 Å². The van der Waals surface area contributed by atoms with E-state index in [1.807, 2.05) is 0 Å². The molecule has 1 spiro atoms. The fraction of sp³-hybridized carbons (Fsp3) is 0.333. The summed E-state index contributed by atoms with van der Waals surface area (Å²) in [5, 5.41) is 19.2. The predicted octanol–water partition coefficient (Wildman–Crippen LogP) is 1.42. The number of rotatable bonds is 1. The highest BCUT2D eigenvalue weighted by atomic mass is 19.1. The van der Waals surface area contributed by atoms with Crippen LogP contribution in [0.25, 0.3) is 0 Å². The highest BCUT2D eigenvalue weighted by Gasteiger charge is 2.66. The summed E-state index contributed by atoms with van der Waals surface area (Å²) in [5.74, 6) is -1.63. The van der Waals surface area contributed by atoms with Crippen molar-refractivity contribution in [3.63, 3.8) is 0 Å². The topological polar surface area (TPSA) is 73.3 Å². The molecule has 18 heavy (non-hydrogen) atoms. The van der Waals surface area contributed by atoms with Crippen LogP contribution in [-0.2, 0) is 9.63 Å². The average molecular weight is 248 g/mol. The smallest absolute Gasteiger partial charge is 0.342 e. The van der Waals surface area contributed by atoms with Gasteiger partial charge in [-0.2, -0.15) is 5.26 Å². The molecule has 1 fully saturated rings. The zero-order valence-electron chi connectivity index (χ0n) is 9.48. The molecule has 1 aliphatic carbocycles. The fourth-order valence-electron chi connectivity index (χ4n) is 2.31. The first-order chi connectivity index (χ1) is 8.43. The quantitative estimate of drug-likeness (QED) is 0.710. The third-order valence-electron chi connectivity index (χ3n) is 3.45. The molecule has 2 aliphatic heterocycles. The Labute approximate surface area is 102 Å². The molecule has 0 aromatic heterocycles. The van der Waals surface area contributed by atoms with Crippen molar-refractivity contribution in [2.24, 2.45) is 0 Å². The summed E-state index contributed by atoms with van der Waals surface area (Å²) in [6.45, 7) is 1.44. The first-order valence-electron chi connectivity index (χ1n) is 5.38. The molecule has 92 valence electrons. The minimum atomic E-state index is -1.37. The van der Waals surface area contributed by atoms with Gasteiger partial charge in [0.2, 0.25) is 5.60 Å². The van der Waals surface area contributed by atoms with E-state index >= 15 is 0 Å². The molecule has 0 radical (unpaired) electrons. The summed E-state index contributed by atoms with van der Waals surface area (Å²) >= 11 is 0. The summed E-state index contributed by atoms with van der Waals surface area (Å²) < 4.78 is 13.3. The van der Waals surface area contributed by atoms with E-state index in [1.54, 1.807) is 6.07 Å². The zero-order chi connectivity index (χ0) is 13.1. The molecule has 0 saturated carbocycles. The van der Waals surface area contributed by atoms with E-state index in [0.29, 0.717) is 12.1 Å². The molecule has 2 atom stereocenters. The summed E-state index contributed by atoms with van der Waals surface area (Å²) in [7, 11) is 0. The molecule has 0 aromatic carbocycles. The lowest BCUT2D eigenvalue weighted by molar-refractivity contribution is -0.186. The number of fused-ring (bicyclic) bond motifs is 3. The minimum Gasteiger partial charge on any atom is -0.479 e. The fourth-order valence-corrected chi connectivity index (χ4v) is 2.31. The molecule has 2 heterocycles. The lowest BCUT2D eigenvalue weighted by atomic mass is 9.92. The number of hydrogen-bond acceptors (Lipinski definition) is 4. The van der Waals surface area contributed by atoms with Gasteiger partial charge in [-0.1, -0.05) is 0 Å². The Bertz CT molecular complexity index is 601. The predicted molar refractivity (Wildman–Crippen MR) is 57.3 cm³/mol. The Morgan fingerprint density at radius 3 is 2.89 bits per heavy atom. The molecule has 5 nitrogen and oxygen atoms in total. The molecule has 2 unspecified atom stereocenters. The first kappa shape index (κ1) is 11.0. The van der Waals surface area contributed by atoms with Gasteiger partial charge in [0.15, 0.2) is 0 Å². The van der Waals surface area contributed by atoms with Crippen molar-refractivity contribution in [1.29, 1.82) is 5.26 Å². The van der Waals surface area contributed by atoms with E-state index in [4.69, 9.17) is 15.2 Å². The van der Waals surface area contributed by atoms with Crippen LogP contribution < -0.4 is 0 Å². The molecule has 1 N–H and O–H groups in total. The Morgan fingerprint density at radius 2 is 2.39 bits per heavy atom. The molecule has 1 saturated heterocycles. The number of allylic oxidation sites excluding steroid dienone is 2. The number of hydrogen-bond donors (Lipinski definition) is 1. The summed E-state index contributed by atoms with van der Waals surface area (Å²) in [4.78, 5) is 16.3. The van der Waals surface area contributed by atoms with Gasteiger partial charge in [-0.05, 0) is 25.2 Å². The van der Waals surface area contributed by atoms with Crippen LogP contribution >= 0.6 is 0 Å². The number of aliphatic carboxylic acids is 1. The van der Waals surface area contributed by atoms with Crippen molar-refractivity contribution >= 4 is 5.97 Å². The third kappa shape index (κ3) is 1.14.